The highest BCUT2D eigenvalue weighted by atomic mass is 32.2. The zero-order chi connectivity index (χ0) is 56.8. The molecule has 2 unspecified atom stereocenters. The van der Waals surface area contributed by atoms with Crippen molar-refractivity contribution in [1.82, 2.24) is 15.6 Å². The summed E-state index contributed by atoms with van der Waals surface area (Å²) in [6, 6.07) is 26.5. The van der Waals surface area contributed by atoms with Gasteiger partial charge < -0.3 is 30.5 Å². The number of aromatic nitrogens is 1. The predicted molar refractivity (Wildman–Crippen MR) is 304 cm³/mol. The molecule has 12 rings (SSSR count). The van der Waals surface area contributed by atoms with Crippen molar-refractivity contribution in [3.8, 4) is 11.3 Å². The first-order valence-electron chi connectivity index (χ1n) is 28.1. The predicted octanol–water partition coefficient (Wildman–Crippen LogP) is 10.5. The SMILES string of the molecule is CC1(C)C2=C3C=C4C5=[N+](CCC4OC3CCN2c2ccc(CC(=O)NCCCCCC(=O)NCc3ccc(NC(=O)N4c6nc(-c7cccc(C(F)(F)F)c7)ccc6N6CCC[C@H]4C6)cc3)cc21)c1ccc(S(=O)(=O)O)cc1C5(C)C. The number of carbonyl (C=O) groups is 3. The number of hydrogen-bond donors (Lipinski definition) is 4. The van der Waals surface area contributed by atoms with Gasteiger partial charge in [0, 0.05) is 96.4 Å². The van der Waals surface area contributed by atoms with Crippen molar-refractivity contribution in [3.63, 3.8) is 0 Å². The van der Waals surface area contributed by atoms with Gasteiger partial charge in [-0.25, -0.2) is 9.78 Å². The van der Waals surface area contributed by atoms with Crippen LogP contribution in [0.2, 0.25) is 0 Å². The number of halogens is 3. The Morgan fingerprint density at radius 3 is 2.40 bits per heavy atom. The summed E-state index contributed by atoms with van der Waals surface area (Å²) in [6.07, 6.45) is 3.72. The average Bonchev–Trinajstić information content (AvgIpc) is 2.37. The number of nitrogens with zero attached hydrogens (tertiary/aromatic N) is 5. The molecule has 1 saturated heterocycles. The van der Waals surface area contributed by atoms with Gasteiger partial charge in [-0.05, 0) is 123 Å². The van der Waals surface area contributed by atoms with Gasteiger partial charge in [-0.1, -0.05) is 56.7 Å². The van der Waals surface area contributed by atoms with Crippen molar-refractivity contribution in [2.45, 2.75) is 132 Å². The Kier molecular flexibility index (Phi) is 13.8. The molecule has 81 heavy (non-hydrogen) atoms. The molecule has 4 amide bonds. The highest BCUT2D eigenvalue weighted by Gasteiger charge is 2.55. The van der Waals surface area contributed by atoms with Crippen LogP contribution in [0.4, 0.5) is 46.5 Å². The van der Waals surface area contributed by atoms with E-state index in [4.69, 9.17) is 9.72 Å². The highest BCUT2D eigenvalue weighted by Crippen LogP contribution is 2.55. The summed E-state index contributed by atoms with van der Waals surface area (Å²) in [5.41, 5.74) is 10.7. The Bertz CT molecular complexity index is 3630. The number of unbranched alkanes of at least 4 members (excludes halogenated alkanes) is 2. The Hall–Kier alpha value is -7.35. The first-order chi connectivity index (χ1) is 38.6. The molecular weight excluding hydrogens is 1060 g/mol. The third kappa shape index (κ3) is 10.1. The van der Waals surface area contributed by atoms with Gasteiger partial charge in [0.25, 0.3) is 10.1 Å². The fourth-order valence-electron chi connectivity index (χ4n) is 13.5. The van der Waals surface area contributed by atoms with Crippen LogP contribution in [-0.2, 0) is 54.4 Å². The van der Waals surface area contributed by atoms with Crippen LogP contribution < -0.4 is 30.7 Å². The zero-order valence-corrected chi connectivity index (χ0v) is 46.6. The third-order valence-electron chi connectivity index (χ3n) is 17.4. The highest BCUT2D eigenvalue weighted by molar-refractivity contribution is 7.85. The Morgan fingerprint density at radius 2 is 1.60 bits per heavy atom. The molecule has 1 fully saturated rings. The number of hydrogen-bond acceptors (Lipinski definition) is 9. The number of allylic oxidation sites excluding steroid dienone is 1. The number of urea groups is 1. The summed E-state index contributed by atoms with van der Waals surface area (Å²) in [5.74, 6) is 0.263. The van der Waals surface area contributed by atoms with Crippen molar-refractivity contribution in [1.29, 1.82) is 0 Å². The second kappa shape index (κ2) is 20.6. The number of amides is 4. The molecule has 0 aliphatic carbocycles. The smallest absolute Gasteiger partial charge is 0.366 e. The fourth-order valence-corrected chi connectivity index (χ4v) is 14.0. The summed E-state index contributed by atoms with van der Waals surface area (Å²) in [4.78, 5) is 51.0. The van der Waals surface area contributed by atoms with E-state index in [1.165, 1.54) is 17.8 Å². The molecule has 422 valence electrons. The van der Waals surface area contributed by atoms with Gasteiger partial charge in [-0.15, -0.1) is 0 Å². The number of ether oxygens (including phenoxy) is 1. The van der Waals surface area contributed by atoms with Crippen LogP contribution in [0.5, 0.6) is 0 Å². The number of piperidine rings is 1. The molecule has 8 heterocycles. The quantitative estimate of drug-likeness (QED) is 0.0504. The lowest BCUT2D eigenvalue weighted by Crippen LogP contribution is -2.56. The van der Waals surface area contributed by atoms with Gasteiger partial charge >= 0.3 is 12.2 Å². The number of carbonyl (C=O) groups excluding carboxylic acids is 3. The standard InChI is InChI=1S/C62H65F3N8O7S/c1-60(2)46-30-38(16-21-49(46)71-28-24-52-44(56(60)71)34-45-53(80-52)25-29-72-50-22-19-43(81(77,78)79)33-47(50)61(3,4)57(45)72)31-55(75)66-26-7-5-6-13-54(74)67-35-37-14-17-41(18-15-37)68-59(76)73-42-12-9-27-70(36-42)51-23-20-48(69-58(51)73)39-10-8-11-40(32-39)62(63,64)65/h8,10-11,14-23,30,32-34,42,52-53H,5-7,9,12-13,24-29,31,35-36H2,1-4H3,(H3-,66,67,68,74,75,76,77,78,79)/p+1/t42-,52?,53?/m0/s1. The van der Waals surface area contributed by atoms with Crippen molar-refractivity contribution >= 4 is 62.2 Å². The fraction of sp³-hybridized carbons (Fsp3) is 0.403. The van der Waals surface area contributed by atoms with Gasteiger partial charge in [0.15, 0.2) is 18.1 Å². The first-order valence-corrected chi connectivity index (χ1v) is 29.5. The van der Waals surface area contributed by atoms with E-state index in [-0.39, 0.29) is 52.8 Å². The Balaban J connectivity index is 0.609. The normalized spacial score (nSPS) is 21.0. The molecular formula is C62H66F3N8O7S+. The molecule has 19 heteroatoms. The molecule has 0 spiro atoms. The van der Waals surface area contributed by atoms with E-state index in [0.29, 0.717) is 55.2 Å². The van der Waals surface area contributed by atoms with Crippen LogP contribution in [0, 0.1) is 0 Å². The molecule has 15 nitrogen and oxygen atoms in total. The molecule has 3 atom stereocenters. The van der Waals surface area contributed by atoms with Gasteiger partial charge in [0.2, 0.25) is 17.5 Å². The summed E-state index contributed by atoms with van der Waals surface area (Å²) in [5, 5.41) is 9.04. The maximum atomic E-state index is 14.0. The van der Waals surface area contributed by atoms with E-state index in [1.54, 1.807) is 41.3 Å². The molecule has 0 radical (unpaired) electrons. The van der Waals surface area contributed by atoms with Gasteiger partial charge in [0.05, 0.1) is 51.9 Å². The van der Waals surface area contributed by atoms with Crippen LogP contribution >= 0.6 is 0 Å². The van der Waals surface area contributed by atoms with Gasteiger partial charge in [-0.2, -0.15) is 26.2 Å². The summed E-state index contributed by atoms with van der Waals surface area (Å²) >= 11 is 0. The van der Waals surface area contributed by atoms with E-state index in [2.05, 4.69) is 76.2 Å². The zero-order valence-electron chi connectivity index (χ0n) is 45.8. The lowest BCUT2D eigenvalue weighted by molar-refractivity contribution is -0.445. The number of nitrogens with one attached hydrogen (secondary N) is 3. The van der Waals surface area contributed by atoms with Crippen molar-refractivity contribution in [2.75, 3.05) is 52.7 Å². The second-order valence-corrected chi connectivity index (χ2v) is 24.9. The van der Waals surface area contributed by atoms with Gasteiger partial charge in [-0.3, -0.25) is 19.0 Å². The van der Waals surface area contributed by atoms with Crippen LogP contribution in [0.3, 0.4) is 0 Å². The van der Waals surface area contributed by atoms with E-state index in [0.717, 1.165) is 126 Å². The maximum Gasteiger partial charge on any atom is 0.416 e. The van der Waals surface area contributed by atoms with Crippen molar-refractivity contribution in [3.05, 3.63) is 148 Å². The minimum Gasteiger partial charge on any atom is -0.366 e. The molecule has 4 aromatic carbocycles. The number of benzene rings is 4. The molecule has 7 aliphatic heterocycles. The Labute approximate surface area is 469 Å². The molecule has 4 N–H and O–H groups in total. The number of rotatable bonds is 13. The van der Waals surface area contributed by atoms with Crippen molar-refractivity contribution in [2.24, 2.45) is 0 Å². The van der Waals surface area contributed by atoms with E-state index >= 15 is 0 Å². The van der Waals surface area contributed by atoms with Crippen LogP contribution in [0.25, 0.3) is 11.3 Å². The number of pyridine rings is 1. The second-order valence-electron chi connectivity index (χ2n) is 23.5. The number of anilines is 4. The van der Waals surface area contributed by atoms with Crippen LogP contribution in [0.15, 0.2) is 125 Å². The van der Waals surface area contributed by atoms with E-state index in [9.17, 15) is 40.5 Å². The summed E-state index contributed by atoms with van der Waals surface area (Å²) < 4.78 is 84.2. The van der Waals surface area contributed by atoms with E-state index in [1.807, 2.05) is 24.3 Å². The molecule has 7 aliphatic rings. The minimum absolute atomic E-state index is 0.0615. The largest absolute Gasteiger partial charge is 0.416 e. The minimum atomic E-state index is -4.50. The lowest BCUT2D eigenvalue weighted by atomic mass is 9.74. The van der Waals surface area contributed by atoms with Crippen LogP contribution in [-0.4, -0.2) is 97.1 Å². The maximum absolute atomic E-state index is 14.0. The topological polar surface area (TPSA) is 177 Å². The molecule has 1 aromatic heterocycles. The van der Waals surface area contributed by atoms with Crippen LogP contribution in [0.1, 0.15) is 107 Å². The lowest BCUT2D eigenvalue weighted by Gasteiger charge is -2.45. The summed E-state index contributed by atoms with van der Waals surface area (Å²) in [7, 11) is -4.37. The summed E-state index contributed by atoms with van der Waals surface area (Å²) in [6.45, 7) is 12.5. The Morgan fingerprint density at radius 1 is 0.815 bits per heavy atom. The molecule has 0 saturated carbocycles. The number of fused-ring (bicyclic) bond motifs is 12. The number of alkyl halides is 3. The van der Waals surface area contributed by atoms with E-state index < -0.39 is 27.3 Å². The molecule has 2 bridgehead atoms. The first kappa shape index (κ1) is 54.2. The average molecular weight is 1120 g/mol. The third-order valence-corrected chi connectivity index (χ3v) is 18.3. The monoisotopic (exact) mass is 1120 g/mol. The molecule has 5 aromatic rings. The van der Waals surface area contributed by atoms with Crippen molar-refractivity contribution < 1.29 is 49.8 Å². The van der Waals surface area contributed by atoms with Gasteiger partial charge in [0.1, 0.15) is 0 Å².